The van der Waals surface area contributed by atoms with Crippen molar-refractivity contribution in [1.29, 1.82) is 0 Å². The maximum absolute atomic E-state index is 13.0. The second-order valence-electron chi connectivity index (χ2n) is 6.32. The number of nitrogens with two attached hydrogens (primary N) is 1. The van der Waals surface area contributed by atoms with E-state index in [1.54, 1.807) is 7.11 Å². The summed E-state index contributed by atoms with van der Waals surface area (Å²) in [5.74, 6) is 0.823. The summed E-state index contributed by atoms with van der Waals surface area (Å²) in [6.45, 7) is 3.71. The van der Waals surface area contributed by atoms with E-state index in [9.17, 15) is 4.79 Å². The summed E-state index contributed by atoms with van der Waals surface area (Å²) >= 11 is 0. The molecule has 3 N–H and O–H groups in total. The molecule has 0 aromatic heterocycles. The van der Waals surface area contributed by atoms with Gasteiger partial charge in [0.2, 0.25) is 5.91 Å². The molecule has 0 bridgehead atoms. The van der Waals surface area contributed by atoms with Crippen molar-refractivity contribution in [3.05, 3.63) is 29.3 Å². The first-order chi connectivity index (χ1) is 11.1. The molecule has 1 amide bonds. The zero-order valence-electron chi connectivity index (χ0n) is 13.6. The smallest absolute Gasteiger partial charge is 0.247 e. The van der Waals surface area contributed by atoms with E-state index in [0.29, 0.717) is 26.1 Å². The second-order valence-corrected chi connectivity index (χ2v) is 6.32. The molecule has 1 heterocycles. The SMILES string of the molecule is COc1cccc2c1CCC2(N)C(=O)N1CCN(CCO)CC1. The summed E-state index contributed by atoms with van der Waals surface area (Å²) in [6, 6.07) is 5.77. The van der Waals surface area contributed by atoms with Gasteiger partial charge in [-0.05, 0) is 30.0 Å². The Balaban J connectivity index is 1.77. The van der Waals surface area contributed by atoms with Gasteiger partial charge in [-0.2, -0.15) is 0 Å². The number of aliphatic hydroxyl groups excluding tert-OH is 1. The molecule has 0 radical (unpaired) electrons. The molecule has 23 heavy (non-hydrogen) atoms. The van der Waals surface area contributed by atoms with Gasteiger partial charge in [-0.15, -0.1) is 0 Å². The minimum absolute atomic E-state index is 0.00755. The average Bonchev–Trinajstić information content (AvgIpc) is 2.94. The Morgan fingerprint density at radius 1 is 1.35 bits per heavy atom. The molecule has 1 aliphatic heterocycles. The summed E-state index contributed by atoms with van der Waals surface area (Å²) in [5, 5.41) is 9.01. The summed E-state index contributed by atoms with van der Waals surface area (Å²) < 4.78 is 5.41. The van der Waals surface area contributed by atoms with Gasteiger partial charge in [-0.3, -0.25) is 9.69 Å². The first-order valence-electron chi connectivity index (χ1n) is 8.18. The number of amides is 1. The van der Waals surface area contributed by atoms with Crippen molar-refractivity contribution in [3.8, 4) is 5.75 Å². The molecule has 1 aromatic carbocycles. The molecule has 6 nitrogen and oxygen atoms in total. The van der Waals surface area contributed by atoms with Crippen LogP contribution in [0.3, 0.4) is 0 Å². The van der Waals surface area contributed by atoms with Crippen molar-refractivity contribution in [2.75, 3.05) is 46.4 Å². The summed E-state index contributed by atoms with van der Waals surface area (Å²) in [5.41, 5.74) is 7.58. The maximum Gasteiger partial charge on any atom is 0.247 e. The van der Waals surface area contributed by atoms with Crippen LogP contribution in [0.4, 0.5) is 0 Å². The molecule has 1 fully saturated rings. The van der Waals surface area contributed by atoms with Crippen LogP contribution in [0.25, 0.3) is 0 Å². The normalized spacial score (nSPS) is 24.6. The van der Waals surface area contributed by atoms with E-state index in [-0.39, 0.29) is 12.5 Å². The number of hydrogen-bond acceptors (Lipinski definition) is 5. The fourth-order valence-corrected chi connectivity index (χ4v) is 3.71. The van der Waals surface area contributed by atoms with E-state index in [0.717, 1.165) is 36.4 Å². The number of ether oxygens (including phenoxy) is 1. The lowest BCUT2D eigenvalue weighted by atomic mass is 9.91. The number of carbonyl (C=O) groups is 1. The summed E-state index contributed by atoms with van der Waals surface area (Å²) in [4.78, 5) is 17.1. The van der Waals surface area contributed by atoms with Gasteiger partial charge in [0.25, 0.3) is 0 Å². The van der Waals surface area contributed by atoms with Crippen molar-refractivity contribution >= 4 is 5.91 Å². The van der Waals surface area contributed by atoms with Crippen LogP contribution in [0.1, 0.15) is 17.5 Å². The third-order valence-corrected chi connectivity index (χ3v) is 5.06. The van der Waals surface area contributed by atoms with Crippen LogP contribution in [0, 0.1) is 0 Å². The number of nitrogens with zero attached hydrogens (tertiary/aromatic N) is 2. The van der Waals surface area contributed by atoms with Gasteiger partial charge in [0.05, 0.1) is 13.7 Å². The lowest BCUT2D eigenvalue weighted by Gasteiger charge is -2.38. The number of rotatable bonds is 4. The number of β-amino-alcohol motifs (C(OH)–C–C–N with tert-alkyl or cyclic N) is 1. The van der Waals surface area contributed by atoms with Crippen LogP contribution >= 0.6 is 0 Å². The van der Waals surface area contributed by atoms with Crippen molar-refractivity contribution in [2.24, 2.45) is 5.73 Å². The third kappa shape index (κ3) is 2.82. The van der Waals surface area contributed by atoms with E-state index < -0.39 is 5.54 Å². The number of hydrogen-bond donors (Lipinski definition) is 2. The van der Waals surface area contributed by atoms with Crippen molar-refractivity contribution < 1.29 is 14.6 Å². The highest BCUT2D eigenvalue weighted by Gasteiger charge is 2.45. The van der Waals surface area contributed by atoms with Gasteiger partial charge in [-0.25, -0.2) is 0 Å². The Hall–Kier alpha value is -1.63. The zero-order chi connectivity index (χ0) is 16.4. The molecule has 6 heteroatoms. The molecule has 126 valence electrons. The molecular formula is C17H25N3O3. The van der Waals surface area contributed by atoms with Gasteiger partial charge in [-0.1, -0.05) is 12.1 Å². The van der Waals surface area contributed by atoms with Crippen molar-refractivity contribution in [1.82, 2.24) is 9.80 Å². The van der Waals surface area contributed by atoms with Crippen LogP contribution < -0.4 is 10.5 Å². The standard InChI is InChI=1S/C17H25N3O3/c1-23-15-4-2-3-14-13(15)5-6-17(14,18)16(22)20-9-7-19(8-10-20)11-12-21/h2-4,21H,5-12,18H2,1H3. The Labute approximate surface area is 136 Å². The summed E-state index contributed by atoms with van der Waals surface area (Å²) in [7, 11) is 1.65. The minimum Gasteiger partial charge on any atom is -0.496 e. The van der Waals surface area contributed by atoms with Crippen molar-refractivity contribution in [3.63, 3.8) is 0 Å². The molecule has 2 aliphatic rings. The lowest BCUT2D eigenvalue weighted by Crippen LogP contribution is -2.57. The number of methoxy groups -OCH3 is 1. The van der Waals surface area contributed by atoms with Gasteiger partial charge < -0.3 is 20.5 Å². The Kier molecular flexibility index (Phi) is 4.57. The third-order valence-electron chi connectivity index (χ3n) is 5.06. The monoisotopic (exact) mass is 319 g/mol. The van der Waals surface area contributed by atoms with Gasteiger partial charge in [0.1, 0.15) is 11.3 Å². The highest BCUT2D eigenvalue weighted by molar-refractivity contribution is 5.89. The Bertz CT molecular complexity index is 584. The molecule has 0 spiro atoms. The van der Waals surface area contributed by atoms with Crippen LogP contribution in [-0.2, 0) is 16.8 Å². The van der Waals surface area contributed by atoms with Crippen LogP contribution in [0.15, 0.2) is 18.2 Å². The van der Waals surface area contributed by atoms with E-state index in [2.05, 4.69) is 4.90 Å². The highest BCUT2D eigenvalue weighted by Crippen LogP contribution is 2.40. The first-order valence-corrected chi connectivity index (χ1v) is 8.18. The largest absolute Gasteiger partial charge is 0.496 e. The van der Waals surface area contributed by atoms with E-state index in [1.807, 2.05) is 23.1 Å². The number of carbonyl (C=O) groups excluding carboxylic acids is 1. The Morgan fingerprint density at radius 2 is 2.09 bits per heavy atom. The van der Waals surface area contributed by atoms with Crippen LogP contribution in [0.5, 0.6) is 5.75 Å². The molecule has 1 saturated heterocycles. The van der Waals surface area contributed by atoms with Crippen LogP contribution in [-0.4, -0.2) is 67.3 Å². The minimum atomic E-state index is -0.941. The Morgan fingerprint density at radius 3 is 2.74 bits per heavy atom. The number of piperazine rings is 1. The molecule has 0 saturated carbocycles. The fraction of sp³-hybridized carbons (Fsp3) is 0.588. The highest BCUT2D eigenvalue weighted by atomic mass is 16.5. The van der Waals surface area contributed by atoms with Gasteiger partial charge in [0.15, 0.2) is 0 Å². The number of fused-ring (bicyclic) bond motifs is 1. The molecule has 3 rings (SSSR count). The second kappa shape index (κ2) is 6.47. The molecule has 1 unspecified atom stereocenters. The van der Waals surface area contributed by atoms with Crippen molar-refractivity contribution in [2.45, 2.75) is 18.4 Å². The number of aliphatic hydroxyl groups is 1. The zero-order valence-corrected chi connectivity index (χ0v) is 13.6. The van der Waals surface area contributed by atoms with E-state index >= 15 is 0 Å². The summed E-state index contributed by atoms with van der Waals surface area (Å²) in [6.07, 6.45) is 1.39. The number of benzene rings is 1. The fourth-order valence-electron chi connectivity index (χ4n) is 3.71. The van der Waals surface area contributed by atoms with Crippen LogP contribution in [0.2, 0.25) is 0 Å². The maximum atomic E-state index is 13.0. The quantitative estimate of drug-likeness (QED) is 0.812. The first kappa shape index (κ1) is 16.2. The van der Waals surface area contributed by atoms with E-state index in [4.69, 9.17) is 15.6 Å². The molecular weight excluding hydrogens is 294 g/mol. The average molecular weight is 319 g/mol. The predicted molar refractivity (Wildman–Crippen MR) is 87.3 cm³/mol. The van der Waals surface area contributed by atoms with E-state index in [1.165, 1.54) is 0 Å². The van der Waals surface area contributed by atoms with Gasteiger partial charge >= 0.3 is 0 Å². The molecule has 1 atom stereocenters. The van der Waals surface area contributed by atoms with Gasteiger partial charge in [0, 0.05) is 32.7 Å². The predicted octanol–water partition coefficient (Wildman–Crippen LogP) is -0.0681. The molecule has 1 aliphatic carbocycles. The lowest BCUT2D eigenvalue weighted by molar-refractivity contribution is -0.139. The topological polar surface area (TPSA) is 79.0 Å². The molecule has 1 aromatic rings.